The van der Waals surface area contributed by atoms with E-state index in [1.54, 1.807) is 6.07 Å². The van der Waals surface area contributed by atoms with Crippen LogP contribution in [0.15, 0.2) is 54.9 Å². The van der Waals surface area contributed by atoms with Crippen molar-refractivity contribution < 1.29 is 9.18 Å². The molecular formula is C26H30FN3O. The number of carbonyl (C=O) groups excluding carboxylic acids is 1. The third kappa shape index (κ3) is 4.55. The van der Waals surface area contributed by atoms with Crippen LogP contribution in [0.5, 0.6) is 0 Å². The van der Waals surface area contributed by atoms with Crippen LogP contribution in [0.2, 0.25) is 0 Å². The lowest BCUT2D eigenvalue weighted by atomic mass is 9.82. The Balaban J connectivity index is 1.70. The van der Waals surface area contributed by atoms with Crippen molar-refractivity contribution in [1.29, 1.82) is 0 Å². The molecule has 1 aromatic heterocycles. The number of aryl methyl sites for hydroxylation is 2. The van der Waals surface area contributed by atoms with Gasteiger partial charge in [0.25, 0.3) is 0 Å². The average molecular weight is 420 g/mol. The van der Waals surface area contributed by atoms with E-state index in [-0.39, 0.29) is 17.6 Å². The molecule has 0 spiro atoms. The quantitative estimate of drug-likeness (QED) is 0.505. The fourth-order valence-electron chi connectivity index (χ4n) is 4.39. The van der Waals surface area contributed by atoms with Crippen molar-refractivity contribution in [3.63, 3.8) is 0 Å². The molecule has 1 aliphatic rings. The maximum Gasteiger partial charge on any atom is 0.234 e. The van der Waals surface area contributed by atoms with Crippen molar-refractivity contribution in [2.45, 2.75) is 65.0 Å². The summed E-state index contributed by atoms with van der Waals surface area (Å²) in [5.74, 6) is -0.164. The average Bonchev–Trinajstić information content (AvgIpc) is 3.24. The molecule has 4 rings (SSSR count). The van der Waals surface area contributed by atoms with Crippen molar-refractivity contribution in [1.82, 2.24) is 9.78 Å². The van der Waals surface area contributed by atoms with Gasteiger partial charge in [0.15, 0.2) is 0 Å². The minimum Gasteiger partial charge on any atom is -0.307 e. The van der Waals surface area contributed by atoms with E-state index in [9.17, 15) is 9.18 Å². The molecule has 0 fully saturated rings. The van der Waals surface area contributed by atoms with Crippen LogP contribution in [0, 0.1) is 5.82 Å². The molecule has 1 heterocycles. The van der Waals surface area contributed by atoms with Gasteiger partial charge in [0, 0.05) is 24.0 Å². The summed E-state index contributed by atoms with van der Waals surface area (Å²) in [5, 5.41) is 4.37. The normalized spacial score (nSPS) is 15.7. The number of rotatable bonds is 6. The molecule has 1 unspecified atom stereocenters. The van der Waals surface area contributed by atoms with Crippen molar-refractivity contribution in [2.24, 2.45) is 0 Å². The van der Waals surface area contributed by atoms with Crippen molar-refractivity contribution in [3.05, 3.63) is 82.9 Å². The van der Waals surface area contributed by atoms with Crippen LogP contribution in [-0.4, -0.2) is 15.7 Å². The summed E-state index contributed by atoms with van der Waals surface area (Å²) in [7, 11) is 0. The van der Waals surface area contributed by atoms with Gasteiger partial charge in [-0.1, -0.05) is 32.0 Å². The molecule has 0 bridgehead atoms. The standard InChI is InChI=1S/C26H30FN3O/c1-4-29-16-19(15-28-29)17-30(23-12-9-20(10-13-23)18(2)3)26(31)24-7-5-6-21-8-11-22(27)14-25(21)24/h8-16,18,24H,4-7,17H2,1-3H3. The largest absolute Gasteiger partial charge is 0.307 e. The number of hydrogen-bond donors (Lipinski definition) is 0. The Kier molecular flexibility index (Phi) is 6.21. The summed E-state index contributed by atoms with van der Waals surface area (Å²) in [4.78, 5) is 15.7. The SMILES string of the molecule is CCn1cc(CN(C(=O)C2CCCc3ccc(F)cc32)c2ccc(C(C)C)cc2)cn1. The molecule has 0 aliphatic heterocycles. The lowest BCUT2D eigenvalue weighted by molar-refractivity contribution is -0.120. The molecular weight excluding hydrogens is 389 g/mol. The van der Waals surface area contributed by atoms with Crippen molar-refractivity contribution in [2.75, 3.05) is 4.90 Å². The van der Waals surface area contributed by atoms with Crippen LogP contribution in [0.3, 0.4) is 0 Å². The lowest BCUT2D eigenvalue weighted by Crippen LogP contribution is -2.36. The van der Waals surface area contributed by atoms with Gasteiger partial charge in [0.05, 0.1) is 18.7 Å². The molecule has 162 valence electrons. The Hall–Kier alpha value is -2.95. The summed E-state index contributed by atoms with van der Waals surface area (Å²) in [6.45, 7) is 7.58. The molecule has 1 aliphatic carbocycles. The zero-order chi connectivity index (χ0) is 22.0. The molecule has 2 aromatic carbocycles. The third-order valence-electron chi connectivity index (χ3n) is 6.21. The predicted molar refractivity (Wildman–Crippen MR) is 122 cm³/mol. The van der Waals surface area contributed by atoms with Crippen LogP contribution in [0.4, 0.5) is 10.1 Å². The Bertz CT molecular complexity index is 1050. The van der Waals surface area contributed by atoms with E-state index in [2.05, 4.69) is 31.1 Å². The van der Waals surface area contributed by atoms with E-state index in [1.807, 2.05) is 47.1 Å². The number of aromatic nitrogens is 2. The fraction of sp³-hybridized carbons (Fsp3) is 0.385. The molecule has 1 amide bonds. The maximum atomic E-state index is 14.0. The molecule has 0 saturated carbocycles. The molecule has 0 radical (unpaired) electrons. The molecule has 31 heavy (non-hydrogen) atoms. The van der Waals surface area contributed by atoms with E-state index >= 15 is 0 Å². The number of benzene rings is 2. The maximum absolute atomic E-state index is 14.0. The van der Waals surface area contributed by atoms with Crippen LogP contribution < -0.4 is 4.90 Å². The highest BCUT2D eigenvalue weighted by Crippen LogP contribution is 2.35. The second-order valence-electron chi connectivity index (χ2n) is 8.66. The monoisotopic (exact) mass is 419 g/mol. The minimum absolute atomic E-state index is 0.0214. The summed E-state index contributed by atoms with van der Waals surface area (Å²) in [6, 6.07) is 13.1. The number of nitrogens with zero attached hydrogens (tertiary/aromatic N) is 3. The van der Waals surface area contributed by atoms with Crippen LogP contribution in [-0.2, 0) is 24.3 Å². The number of anilines is 1. The second-order valence-corrected chi connectivity index (χ2v) is 8.66. The highest BCUT2D eigenvalue weighted by atomic mass is 19.1. The summed E-state index contributed by atoms with van der Waals surface area (Å²) >= 11 is 0. The molecule has 3 aromatic rings. The van der Waals surface area contributed by atoms with Crippen molar-refractivity contribution in [3.8, 4) is 0 Å². The number of hydrogen-bond acceptors (Lipinski definition) is 2. The number of carbonyl (C=O) groups is 1. The zero-order valence-corrected chi connectivity index (χ0v) is 18.5. The lowest BCUT2D eigenvalue weighted by Gasteiger charge is -2.31. The summed E-state index contributed by atoms with van der Waals surface area (Å²) in [6.07, 6.45) is 6.37. The first-order valence-corrected chi connectivity index (χ1v) is 11.2. The van der Waals surface area contributed by atoms with Crippen LogP contribution >= 0.6 is 0 Å². The van der Waals surface area contributed by atoms with E-state index < -0.39 is 0 Å². The minimum atomic E-state index is -0.328. The van der Waals surface area contributed by atoms with Gasteiger partial charge in [-0.05, 0) is 73.1 Å². The highest BCUT2D eigenvalue weighted by molar-refractivity contribution is 5.98. The van der Waals surface area contributed by atoms with Gasteiger partial charge in [0.1, 0.15) is 5.82 Å². The summed E-state index contributed by atoms with van der Waals surface area (Å²) < 4.78 is 15.9. The van der Waals surface area contributed by atoms with Crippen LogP contribution in [0.25, 0.3) is 0 Å². The van der Waals surface area contributed by atoms with E-state index in [4.69, 9.17) is 0 Å². The molecule has 1 atom stereocenters. The number of halogens is 1. The molecule has 4 nitrogen and oxygen atoms in total. The zero-order valence-electron chi connectivity index (χ0n) is 18.5. The Labute approximate surface area is 183 Å². The topological polar surface area (TPSA) is 38.1 Å². The van der Waals surface area contributed by atoms with Gasteiger partial charge in [-0.15, -0.1) is 0 Å². The molecule has 0 saturated heterocycles. The van der Waals surface area contributed by atoms with E-state index in [0.717, 1.165) is 48.2 Å². The Morgan fingerprint density at radius 3 is 2.68 bits per heavy atom. The highest BCUT2D eigenvalue weighted by Gasteiger charge is 2.31. The first kappa shape index (κ1) is 21.3. The predicted octanol–water partition coefficient (Wildman–Crippen LogP) is 5.82. The van der Waals surface area contributed by atoms with E-state index in [0.29, 0.717) is 12.5 Å². The second kappa shape index (κ2) is 9.04. The first-order valence-electron chi connectivity index (χ1n) is 11.2. The van der Waals surface area contributed by atoms with E-state index in [1.165, 1.54) is 11.6 Å². The fourth-order valence-corrected chi connectivity index (χ4v) is 4.39. The Morgan fingerprint density at radius 2 is 2.00 bits per heavy atom. The first-order chi connectivity index (χ1) is 15.0. The number of fused-ring (bicyclic) bond motifs is 1. The third-order valence-corrected chi connectivity index (χ3v) is 6.21. The van der Waals surface area contributed by atoms with Gasteiger partial charge in [0.2, 0.25) is 5.91 Å². The Morgan fingerprint density at radius 1 is 1.23 bits per heavy atom. The molecule has 5 heteroatoms. The van der Waals surface area contributed by atoms with Gasteiger partial charge >= 0.3 is 0 Å². The van der Waals surface area contributed by atoms with Gasteiger partial charge in [-0.2, -0.15) is 5.10 Å². The summed E-state index contributed by atoms with van der Waals surface area (Å²) in [5.41, 5.74) is 5.00. The van der Waals surface area contributed by atoms with Gasteiger partial charge in [-0.25, -0.2) is 4.39 Å². The van der Waals surface area contributed by atoms with Gasteiger partial charge < -0.3 is 4.90 Å². The number of amides is 1. The van der Waals surface area contributed by atoms with Crippen LogP contribution in [0.1, 0.15) is 67.7 Å². The van der Waals surface area contributed by atoms with Gasteiger partial charge in [-0.3, -0.25) is 9.48 Å². The van der Waals surface area contributed by atoms with Crippen molar-refractivity contribution >= 4 is 11.6 Å². The smallest absolute Gasteiger partial charge is 0.234 e. The molecule has 0 N–H and O–H groups in total.